The van der Waals surface area contributed by atoms with Crippen LogP contribution in [0.25, 0.3) is 0 Å². The van der Waals surface area contributed by atoms with Crippen molar-refractivity contribution in [2.75, 3.05) is 172 Å². The number of guanidine groups is 2. The summed E-state index contributed by atoms with van der Waals surface area (Å²) in [6.45, 7) is 14.1. The molecule has 0 spiro atoms. The van der Waals surface area contributed by atoms with Crippen LogP contribution in [-0.4, -0.2) is 210 Å². The fourth-order valence-electron chi connectivity index (χ4n) is 5.65. The summed E-state index contributed by atoms with van der Waals surface area (Å²) >= 11 is 18.2. The van der Waals surface area contributed by atoms with E-state index < -0.39 is 27.8 Å². The molecule has 0 aliphatic rings. The highest BCUT2D eigenvalue weighted by Gasteiger charge is 2.19. The van der Waals surface area contributed by atoms with Crippen LogP contribution in [0.4, 0.5) is 34.9 Å². The van der Waals surface area contributed by atoms with E-state index in [1.807, 2.05) is 0 Å². The van der Waals surface area contributed by atoms with E-state index in [1.54, 1.807) is 6.26 Å². The minimum absolute atomic E-state index is 0. The molecule has 0 aromatic carbocycles. The van der Waals surface area contributed by atoms with Gasteiger partial charge in [0.25, 0.3) is 27.8 Å². The molecule has 33 N–H and O–H groups in total. The average Bonchev–Trinajstić information content (AvgIpc) is 0.866. The molecule has 3 aromatic rings. The third kappa shape index (κ3) is 55.9. The van der Waals surface area contributed by atoms with Crippen LogP contribution in [0.1, 0.15) is 82.8 Å². The largest absolute Gasteiger partial charge is 0.382 e. The third-order valence-corrected chi connectivity index (χ3v) is 13.1. The number of amides is 3. The number of amidine groups is 1. The molecule has 0 aliphatic heterocycles. The molecule has 3 amide bonds. The normalized spacial score (nSPS) is 10.7. The molecule has 3 heterocycles. The van der Waals surface area contributed by atoms with Crippen molar-refractivity contribution in [3.8, 4) is 0 Å². The number of anilines is 6. The van der Waals surface area contributed by atoms with E-state index >= 15 is 0 Å². The summed E-state index contributed by atoms with van der Waals surface area (Å²) in [5.74, 6) is -2.96. The monoisotopic (exact) mass is 1550 g/mol. The van der Waals surface area contributed by atoms with E-state index in [0.717, 1.165) is 129 Å². The Morgan fingerprint density at radius 3 is 1.14 bits per heavy atom. The predicted octanol–water partition coefficient (Wildman–Crippen LogP) is -1.24. The summed E-state index contributed by atoms with van der Waals surface area (Å²) in [7, 11) is 8.17. The molecular formula is C47H101Cl3N33O6P5S2. The van der Waals surface area contributed by atoms with E-state index in [0.29, 0.717) is 58.7 Å². The Labute approximate surface area is 593 Å². The quantitative estimate of drug-likeness (QED) is 0.00793. The number of carbonyl (C=O) groups is 3. The molecular weight excluding hydrogens is 1450 g/mol. The summed E-state index contributed by atoms with van der Waals surface area (Å²) in [4.78, 5) is 66.4. The van der Waals surface area contributed by atoms with Gasteiger partial charge in [0.2, 0.25) is 0 Å². The van der Waals surface area contributed by atoms with Crippen LogP contribution in [0.15, 0.2) is 24.2 Å². The van der Waals surface area contributed by atoms with Crippen molar-refractivity contribution in [3.63, 3.8) is 0 Å². The maximum absolute atomic E-state index is 12.2. The van der Waals surface area contributed by atoms with Gasteiger partial charge in [-0.2, -0.15) is 18.3 Å². The van der Waals surface area contributed by atoms with Crippen molar-refractivity contribution in [1.82, 2.24) is 82.8 Å². The molecule has 3 aromatic heterocycles. The van der Waals surface area contributed by atoms with Crippen LogP contribution < -0.4 is 116 Å². The van der Waals surface area contributed by atoms with Crippen molar-refractivity contribution in [1.29, 1.82) is 5.41 Å². The predicted molar refractivity (Wildman–Crippen MR) is 407 cm³/mol. The van der Waals surface area contributed by atoms with Gasteiger partial charge < -0.3 is 105 Å². The molecule has 96 heavy (non-hydrogen) atoms. The molecule has 0 fully saturated rings. The Kier molecular flexibility index (Phi) is 65.5. The van der Waals surface area contributed by atoms with E-state index in [9.17, 15) is 22.8 Å². The fraction of sp³-hybridized carbons (Fsp3) is 0.617. The van der Waals surface area contributed by atoms with Crippen LogP contribution in [0.3, 0.4) is 0 Å². The fourth-order valence-corrected chi connectivity index (χ4v) is 7.32. The minimum Gasteiger partial charge on any atom is -0.382 e. The molecule has 548 valence electrons. The van der Waals surface area contributed by atoms with E-state index in [1.165, 1.54) is 0 Å². The van der Waals surface area contributed by atoms with Gasteiger partial charge >= 0.3 is 0 Å². The van der Waals surface area contributed by atoms with Gasteiger partial charge in [-0.25, -0.2) is 29.9 Å². The van der Waals surface area contributed by atoms with Gasteiger partial charge in [-0.3, -0.25) is 58.8 Å². The Bertz CT molecular complexity index is 2760. The van der Waals surface area contributed by atoms with Gasteiger partial charge in [0.05, 0.1) is 12.9 Å². The van der Waals surface area contributed by atoms with Gasteiger partial charge in [-0.1, -0.05) is 56.0 Å². The van der Waals surface area contributed by atoms with Crippen LogP contribution in [0.5, 0.6) is 0 Å². The minimum atomic E-state index is -3.26. The molecule has 39 nitrogen and oxygen atoms in total. The molecule has 49 heteroatoms. The number of rotatable bonds is 39. The lowest BCUT2D eigenvalue weighted by Gasteiger charge is -2.08. The first-order valence-electron chi connectivity index (χ1n) is 28.8. The van der Waals surface area contributed by atoms with Crippen LogP contribution in [0.2, 0.25) is 15.5 Å². The molecule has 2 unspecified atom stereocenters. The molecule has 2 atom stereocenters. The van der Waals surface area contributed by atoms with Crippen molar-refractivity contribution in [2.24, 2.45) is 52.9 Å². The van der Waals surface area contributed by atoms with Crippen molar-refractivity contribution in [2.45, 2.75) is 51.4 Å². The molecule has 0 saturated heterocycles. The number of hydrogen-bond acceptors (Lipinski definition) is 35. The zero-order chi connectivity index (χ0) is 72.2. The SMILES string of the molecule is CS(=O)(=O)OCCCN=P.CSC(=N)NC(=O)c1nc(Cl)c(N)nc1N.NC(=NCCCNCNCCCN=C(N)NC(=O)c1nc(Cl)c(N)nc1N)NC(=O)c1nc(Cl)c(N)nc1N.NCCCN=P.NCCCNCNCCCN.P.P=NCCCNCNCCCNP. The van der Waals surface area contributed by atoms with Gasteiger partial charge in [0, 0.05) is 52.7 Å². The lowest BCUT2D eigenvalue weighted by molar-refractivity contribution is 0.0964. The smallest absolute Gasteiger partial charge is 0.280 e. The second-order valence-corrected chi connectivity index (χ2v) is 23.1. The average molecular weight is 1550 g/mol. The highest BCUT2D eigenvalue weighted by atomic mass is 35.5. The highest BCUT2D eigenvalue weighted by Crippen LogP contribution is 2.19. The second-order valence-electron chi connectivity index (χ2n) is 18.2. The number of halogens is 3. The number of hydrogen-bond donors (Lipinski definition) is 22. The van der Waals surface area contributed by atoms with Gasteiger partial charge in [-0.15, -0.1) is 0 Å². The van der Waals surface area contributed by atoms with Gasteiger partial charge in [-0.05, 0) is 150 Å². The second kappa shape index (κ2) is 64.6. The highest BCUT2D eigenvalue weighted by molar-refractivity contribution is 8.13. The topological polar surface area (TPSA) is 664 Å². The summed E-state index contributed by atoms with van der Waals surface area (Å²) in [5, 5.41) is 36.2. The van der Waals surface area contributed by atoms with Crippen molar-refractivity contribution < 1.29 is 27.0 Å². The summed E-state index contributed by atoms with van der Waals surface area (Å²) < 4.78 is 36.1. The van der Waals surface area contributed by atoms with Gasteiger partial charge in [0.1, 0.15) is 0 Å². The van der Waals surface area contributed by atoms with E-state index in [-0.39, 0.29) is 101 Å². The number of aromatic nitrogens is 6. The number of carbonyl (C=O) groups excluding carboxylic acids is 3. The zero-order valence-corrected chi connectivity index (χ0v) is 63.5. The van der Waals surface area contributed by atoms with E-state index in [4.69, 9.17) is 103 Å². The number of nitrogens with one attached hydrogen (secondary N) is 11. The maximum Gasteiger partial charge on any atom is 0.280 e. The van der Waals surface area contributed by atoms with Crippen LogP contribution in [-0.2, 0) is 14.3 Å². The number of nitrogens with zero attached hydrogens (tertiary/aromatic N) is 11. The maximum atomic E-state index is 12.2. The number of nitrogen functional groups attached to an aromatic ring is 6. The molecule has 0 saturated carbocycles. The number of aliphatic imine (C=N–C) groups is 2. The molecule has 3 rings (SSSR count). The molecule has 0 aliphatic carbocycles. The molecule has 0 radical (unpaired) electrons. The lowest BCUT2D eigenvalue weighted by Crippen LogP contribution is -2.38. The van der Waals surface area contributed by atoms with Crippen LogP contribution in [0, 0.1) is 5.41 Å². The van der Waals surface area contributed by atoms with E-state index in [2.05, 4.69) is 148 Å². The number of nitrogens with two attached hydrogens (primary N) is 11. The van der Waals surface area contributed by atoms with Crippen LogP contribution >= 0.6 is 92.9 Å². The lowest BCUT2D eigenvalue weighted by atomic mass is 10.4. The summed E-state index contributed by atoms with van der Waals surface area (Å²) in [6, 6.07) is 0. The Balaban J connectivity index is -0.000000609. The van der Waals surface area contributed by atoms with Crippen molar-refractivity contribution in [3.05, 3.63) is 32.5 Å². The zero-order valence-electron chi connectivity index (χ0n) is 54.0. The molecule has 0 bridgehead atoms. The first-order valence-corrected chi connectivity index (χ1v) is 34.9. The Morgan fingerprint density at radius 2 is 0.823 bits per heavy atom. The standard InChI is InChI=1S/C19H30Cl2N16O2.C7H9ClN6OS.C7H20N4P2.C7H20N4.C4H10NO3PS.C3H9N2P.H3P/c20-10-14(24)34-12(22)8(32-10)16(38)36-18(26)30-5-1-3-28-7-29-4-2-6-31-19(27)37-17(39)9-13(23)35-15(25)11(21)33-9;1-16-7(11)14-6(15)2-4(9)13-5(10)3(8)12-2;12-10-5-1-3-8-7-9-4-2-6-11-13;8-3-1-5-10-7-11-6-2-4-9;1-10(6,7)8-4-2-3-5-9;4-2-1-3-5-6;/h28-29H,1-7H2,(H4,22,24,34)(H4,23,25,35)(H3,26,30,36,38)(H3,27,31,37,39);1H3,(H4,9,10,13)(H2,11,14,15);8-10,13H,1-7,12H2;10-11H,1-9H2;9H,2-4H2,1H3;6H,1-4H2;1H3. The Morgan fingerprint density at radius 1 is 0.510 bits per heavy atom. The third-order valence-electron chi connectivity index (χ3n) is 10.2. The van der Waals surface area contributed by atoms with Gasteiger partial charge in [0.15, 0.2) is 84.5 Å². The number of thioether (sulfide) groups is 1. The first-order chi connectivity index (χ1) is 45.2. The first kappa shape index (κ1) is 97.3. The summed E-state index contributed by atoms with van der Waals surface area (Å²) in [5.41, 5.74) is 59.6. The summed E-state index contributed by atoms with van der Waals surface area (Å²) in [6.07, 6.45) is 9.88. The van der Waals surface area contributed by atoms with Crippen molar-refractivity contribution >= 4 is 173 Å². The Hall–Kier alpha value is -5.05.